The molecule has 0 aliphatic heterocycles. The standard InChI is InChI=1S/C63H48N2/c1-41-17-16-22-48(37-41)63(47-20-8-4-9-21-47)56-27-14-12-26-52(56)60-61(63)42(2)38-55-54-40-46(32-36-59(54)65(62(55)60)50-33-29-44(30-34-50)43-18-6-3-7-19-43)45-31-35-58-53(39-45)51-25-13-15-28-57(51)64(58)49-23-10-5-11-24-49/h3-16,18-37,39-42H,17,38H2,1-2H3. The van der Waals surface area contributed by atoms with Crippen molar-refractivity contribution in [2.45, 2.75) is 32.1 Å². The van der Waals surface area contributed by atoms with Gasteiger partial charge in [-0.25, -0.2) is 0 Å². The molecule has 2 heteroatoms. The van der Waals surface area contributed by atoms with E-state index in [9.17, 15) is 0 Å². The number of aromatic nitrogens is 2. The molecule has 3 aliphatic carbocycles. The van der Waals surface area contributed by atoms with Gasteiger partial charge in [0, 0.05) is 33.1 Å². The molecular weight excluding hydrogens is 785 g/mol. The molecule has 3 aliphatic rings. The fourth-order valence-corrected chi connectivity index (χ4v) is 12.1. The van der Waals surface area contributed by atoms with Crippen molar-refractivity contribution in [3.8, 4) is 33.6 Å². The van der Waals surface area contributed by atoms with Gasteiger partial charge in [-0.15, -0.1) is 0 Å². The maximum Gasteiger partial charge on any atom is 0.0676 e. The van der Waals surface area contributed by atoms with Crippen LogP contribution < -0.4 is 0 Å². The number of hydrogen-bond acceptors (Lipinski definition) is 0. The summed E-state index contributed by atoms with van der Waals surface area (Å²) in [7, 11) is 0. The molecule has 13 rings (SSSR count). The lowest BCUT2D eigenvalue weighted by Gasteiger charge is -2.41. The summed E-state index contributed by atoms with van der Waals surface area (Å²) in [6.45, 7) is 4.87. The normalized spacial score (nSPS) is 18.8. The maximum absolute atomic E-state index is 2.60. The van der Waals surface area contributed by atoms with Gasteiger partial charge in [0.25, 0.3) is 0 Å². The van der Waals surface area contributed by atoms with Gasteiger partial charge in [0.15, 0.2) is 0 Å². The Balaban J connectivity index is 1.08. The van der Waals surface area contributed by atoms with Crippen LogP contribution in [0.25, 0.3) is 71.9 Å². The van der Waals surface area contributed by atoms with Crippen molar-refractivity contribution in [3.63, 3.8) is 0 Å². The molecule has 0 fully saturated rings. The second kappa shape index (κ2) is 14.7. The Hall–Kier alpha value is -7.68. The van der Waals surface area contributed by atoms with E-state index >= 15 is 0 Å². The number of fused-ring (bicyclic) bond motifs is 9. The lowest BCUT2D eigenvalue weighted by atomic mass is 9.61. The molecule has 2 aromatic heterocycles. The van der Waals surface area contributed by atoms with Crippen LogP contribution >= 0.6 is 0 Å². The monoisotopic (exact) mass is 832 g/mol. The first-order valence-electron chi connectivity index (χ1n) is 23.3. The molecule has 3 unspecified atom stereocenters. The van der Waals surface area contributed by atoms with E-state index in [1.54, 1.807) is 0 Å². The van der Waals surface area contributed by atoms with Gasteiger partial charge in [-0.3, -0.25) is 0 Å². The summed E-state index contributed by atoms with van der Waals surface area (Å²) in [6, 6.07) is 74.6. The third-order valence-corrected chi connectivity index (χ3v) is 14.7. The summed E-state index contributed by atoms with van der Waals surface area (Å²) < 4.78 is 5.01. The van der Waals surface area contributed by atoms with E-state index in [0.29, 0.717) is 5.92 Å². The summed E-state index contributed by atoms with van der Waals surface area (Å²) in [4.78, 5) is 0. The van der Waals surface area contributed by atoms with Crippen molar-refractivity contribution >= 4 is 38.3 Å². The highest BCUT2D eigenvalue weighted by Crippen LogP contribution is 2.62. The molecule has 0 saturated heterocycles. The van der Waals surface area contributed by atoms with Crippen LogP contribution in [-0.4, -0.2) is 9.13 Å². The van der Waals surface area contributed by atoms with E-state index < -0.39 is 5.41 Å². The molecule has 10 aromatic rings. The molecule has 0 spiro atoms. The highest BCUT2D eigenvalue weighted by atomic mass is 15.0. The molecule has 0 amide bonds. The quantitative estimate of drug-likeness (QED) is 0.158. The summed E-state index contributed by atoms with van der Waals surface area (Å²) in [5.74, 6) is 0.740. The lowest BCUT2D eigenvalue weighted by Crippen LogP contribution is -2.35. The van der Waals surface area contributed by atoms with E-state index in [-0.39, 0.29) is 5.92 Å². The maximum atomic E-state index is 2.60. The predicted molar refractivity (Wildman–Crippen MR) is 272 cm³/mol. The summed E-state index contributed by atoms with van der Waals surface area (Å²) in [5.41, 5.74) is 21.7. The topological polar surface area (TPSA) is 9.86 Å². The van der Waals surface area contributed by atoms with Crippen molar-refractivity contribution < 1.29 is 0 Å². The van der Waals surface area contributed by atoms with Crippen LogP contribution in [0.4, 0.5) is 0 Å². The van der Waals surface area contributed by atoms with Crippen LogP contribution in [-0.2, 0) is 11.8 Å². The van der Waals surface area contributed by atoms with Crippen molar-refractivity contribution in [3.05, 3.63) is 258 Å². The Labute approximate surface area is 380 Å². The van der Waals surface area contributed by atoms with Crippen molar-refractivity contribution in [2.24, 2.45) is 11.8 Å². The molecule has 310 valence electrons. The van der Waals surface area contributed by atoms with Gasteiger partial charge in [0.05, 0.1) is 27.7 Å². The van der Waals surface area contributed by atoms with Crippen LogP contribution in [0.1, 0.15) is 48.2 Å². The number of para-hydroxylation sites is 2. The third kappa shape index (κ3) is 5.60. The number of allylic oxidation sites excluding steroid dienone is 5. The van der Waals surface area contributed by atoms with Gasteiger partial charge >= 0.3 is 0 Å². The summed E-state index contributed by atoms with van der Waals surface area (Å²) in [5, 5.41) is 3.86. The average molecular weight is 833 g/mol. The van der Waals surface area contributed by atoms with Gasteiger partial charge in [-0.2, -0.15) is 0 Å². The van der Waals surface area contributed by atoms with E-state index in [1.807, 2.05) is 0 Å². The molecule has 8 aromatic carbocycles. The summed E-state index contributed by atoms with van der Waals surface area (Å²) >= 11 is 0. The molecule has 65 heavy (non-hydrogen) atoms. The molecular formula is C63H48N2. The smallest absolute Gasteiger partial charge is 0.0676 e. The Kier molecular flexibility index (Phi) is 8.55. The molecule has 0 N–H and O–H groups in total. The van der Waals surface area contributed by atoms with E-state index in [0.717, 1.165) is 12.8 Å². The molecule has 0 saturated carbocycles. The second-order valence-electron chi connectivity index (χ2n) is 18.5. The minimum absolute atomic E-state index is 0.278. The molecule has 3 atom stereocenters. The number of benzene rings is 8. The van der Waals surface area contributed by atoms with Crippen LogP contribution in [0, 0.1) is 11.8 Å². The van der Waals surface area contributed by atoms with Crippen molar-refractivity contribution in [2.75, 3.05) is 0 Å². The summed E-state index contributed by atoms with van der Waals surface area (Å²) in [6.07, 6.45) is 9.44. The largest absolute Gasteiger partial charge is 0.309 e. The molecule has 0 radical (unpaired) electrons. The Morgan fingerprint density at radius 1 is 0.492 bits per heavy atom. The van der Waals surface area contributed by atoms with Crippen molar-refractivity contribution in [1.82, 2.24) is 9.13 Å². The van der Waals surface area contributed by atoms with Gasteiger partial charge in [-0.1, -0.05) is 178 Å². The lowest BCUT2D eigenvalue weighted by molar-refractivity contribution is 0.563. The highest BCUT2D eigenvalue weighted by molar-refractivity contribution is 6.11. The zero-order valence-corrected chi connectivity index (χ0v) is 36.7. The van der Waals surface area contributed by atoms with Gasteiger partial charge in [0.1, 0.15) is 0 Å². The second-order valence-corrected chi connectivity index (χ2v) is 18.5. The first-order chi connectivity index (χ1) is 32.1. The van der Waals surface area contributed by atoms with E-state index in [4.69, 9.17) is 0 Å². The van der Waals surface area contributed by atoms with Gasteiger partial charge < -0.3 is 9.13 Å². The zero-order chi connectivity index (χ0) is 43.2. The number of rotatable bonds is 6. The number of nitrogens with zero attached hydrogens (tertiary/aromatic N) is 2. The van der Waals surface area contributed by atoms with E-state index in [2.05, 4.69) is 241 Å². The SMILES string of the molecule is CC1C=C(C2(c3ccccc3)C3=C(c4ccccc42)c2c(c4cc(-c5ccc6c(c5)c5ccccc5n6-c5ccccc5)ccc4n2-c2ccc(-c4ccccc4)cc2)CC3C)C=CC1. The minimum atomic E-state index is -0.409. The molecule has 2 nitrogen and oxygen atoms in total. The molecule has 2 heterocycles. The fourth-order valence-electron chi connectivity index (χ4n) is 12.1. The van der Waals surface area contributed by atoms with Gasteiger partial charge in [0.2, 0.25) is 0 Å². The predicted octanol–water partition coefficient (Wildman–Crippen LogP) is 15.9. The molecule has 0 bridgehead atoms. The fraction of sp³-hybridized carbons (Fsp3) is 0.111. The Morgan fingerprint density at radius 3 is 1.83 bits per heavy atom. The van der Waals surface area contributed by atoms with Gasteiger partial charge in [-0.05, 0) is 135 Å². The average Bonchev–Trinajstić information content (AvgIpc) is 3.99. The first-order valence-corrected chi connectivity index (χ1v) is 23.3. The Bertz CT molecular complexity index is 3600. The van der Waals surface area contributed by atoms with Crippen molar-refractivity contribution in [1.29, 1.82) is 0 Å². The first kappa shape index (κ1) is 37.8. The zero-order valence-electron chi connectivity index (χ0n) is 36.7. The van der Waals surface area contributed by atoms with Crippen LogP contribution in [0.15, 0.2) is 230 Å². The third-order valence-electron chi connectivity index (χ3n) is 14.7. The van der Waals surface area contributed by atoms with Crippen LogP contribution in [0.3, 0.4) is 0 Å². The highest BCUT2D eigenvalue weighted by Gasteiger charge is 2.52. The van der Waals surface area contributed by atoms with Crippen LogP contribution in [0.5, 0.6) is 0 Å². The minimum Gasteiger partial charge on any atom is -0.309 e. The number of hydrogen-bond donors (Lipinski definition) is 0. The Morgan fingerprint density at radius 2 is 1.08 bits per heavy atom. The van der Waals surface area contributed by atoms with E-state index in [1.165, 1.54) is 111 Å². The van der Waals surface area contributed by atoms with Crippen LogP contribution in [0.2, 0.25) is 0 Å².